The molecule has 0 unspecified atom stereocenters. The summed E-state index contributed by atoms with van der Waals surface area (Å²) in [6, 6.07) is 11.8. The second-order valence-electron chi connectivity index (χ2n) is 5.49. The number of benzene rings is 2. The number of pyridine rings is 1. The van der Waals surface area contributed by atoms with Crippen LogP contribution >= 0.6 is 11.6 Å². The number of nitrogens with zero attached hydrogens (tertiary/aromatic N) is 2. The van der Waals surface area contributed by atoms with Crippen molar-refractivity contribution in [3.05, 3.63) is 63.3 Å². The number of non-ortho nitro benzene ring substituents is 1. The lowest BCUT2D eigenvalue weighted by molar-refractivity contribution is -0.384. The highest BCUT2D eigenvalue weighted by molar-refractivity contribution is 6.30. The van der Waals surface area contributed by atoms with E-state index in [-0.39, 0.29) is 5.69 Å². The lowest BCUT2D eigenvalue weighted by atomic mass is 10.1. The van der Waals surface area contributed by atoms with Crippen molar-refractivity contribution < 1.29 is 14.4 Å². The molecule has 0 aliphatic rings. The van der Waals surface area contributed by atoms with E-state index in [1.165, 1.54) is 19.2 Å². The van der Waals surface area contributed by atoms with Crippen LogP contribution in [0.15, 0.2) is 42.5 Å². The van der Waals surface area contributed by atoms with E-state index in [4.69, 9.17) is 21.1 Å². The summed E-state index contributed by atoms with van der Waals surface area (Å²) >= 11 is 6.29. The van der Waals surface area contributed by atoms with E-state index in [1.807, 2.05) is 24.3 Å². The highest BCUT2D eigenvalue weighted by atomic mass is 35.5. The highest BCUT2D eigenvalue weighted by Gasteiger charge is 2.12. The van der Waals surface area contributed by atoms with Gasteiger partial charge in [-0.3, -0.25) is 10.1 Å². The van der Waals surface area contributed by atoms with Crippen molar-refractivity contribution >= 4 is 33.9 Å². The minimum Gasteiger partial charge on any atom is -0.497 e. The van der Waals surface area contributed by atoms with Crippen LogP contribution in [-0.4, -0.2) is 24.1 Å². The van der Waals surface area contributed by atoms with Gasteiger partial charge in [0.15, 0.2) is 0 Å². The molecule has 8 heteroatoms. The number of nitrogens with one attached hydrogen (secondary N) is 1. The molecule has 1 N–H and O–H groups in total. The topological polar surface area (TPSA) is 86.5 Å². The van der Waals surface area contributed by atoms with Gasteiger partial charge in [-0.25, -0.2) is 4.98 Å². The van der Waals surface area contributed by atoms with Gasteiger partial charge in [-0.15, -0.1) is 0 Å². The molecule has 0 saturated carbocycles. The summed E-state index contributed by atoms with van der Waals surface area (Å²) in [6.07, 6.45) is 0. The maximum atomic E-state index is 11.0. The second kappa shape index (κ2) is 7.45. The van der Waals surface area contributed by atoms with E-state index >= 15 is 0 Å². The molecule has 134 valence electrons. The van der Waals surface area contributed by atoms with Gasteiger partial charge >= 0.3 is 0 Å². The van der Waals surface area contributed by atoms with Crippen LogP contribution in [0, 0.1) is 10.1 Å². The summed E-state index contributed by atoms with van der Waals surface area (Å²) in [7, 11) is 3.10. The van der Waals surface area contributed by atoms with Crippen LogP contribution in [0.4, 0.5) is 11.4 Å². The molecule has 0 aliphatic heterocycles. The molecule has 0 fully saturated rings. The van der Waals surface area contributed by atoms with Crippen LogP contribution in [-0.2, 0) is 6.54 Å². The van der Waals surface area contributed by atoms with Gasteiger partial charge in [0.25, 0.3) is 5.69 Å². The predicted molar refractivity (Wildman–Crippen MR) is 100 cm³/mol. The first-order valence-electron chi connectivity index (χ1n) is 7.71. The summed E-state index contributed by atoms with van der Waals surface area (Å²) in [4.78, 5) is 14.9. The molecule has 1 heterocycles. The lowest BCUT2D eigenvalue weighted by Gasteiger charge is -2.12. The van der Waals surface area contributed by atoms with Crippen molar-refractivity contribution in [2.75, 3.05) is 19.5 Å². The van der Waals surface area contributed by atoms with Crippen LogP contribution in [0.3, 0.4) is 0 Å². The molecule has 7 nitrogen and oxygen atoms in total. The third kappa shape index (κ3) is 3.62. The van der Waals surface area contributed by atoms with Gasteiger partial charge < -0.3 is 14.8 Å². The van der Waals surface area contributed by atoms with Crippen molar-refractivity contribution in [1.82, 2.24) is 4.98 Å². The first-order chi connectivity index (χ1) is 12.5. The molecule has 0 aliphatic carbocycles. The van der Waals surface area contributed by atoms with Gasteiger partial charge in [0.1, 0.15) is 16.7 Å². The number of nitro benzene ring substituents is 1. The fraction of sp³-hybridized carbons (Fsp3) is 0.167. The Kier molecular flexibility index (Phi) is 5.09. The Balaban J connectivity index is 1.89. The number of hydrogen-bond donors (Lipinski definition) is 1. The van der Waals surface area contributed by atoms with Crippen molar-refractivity contribution in [2.45, 2.75) is 6.54 Å². The van der Waals surface area contributed by atoms with Gasteiger partial charge in [0.05, 0.1) is 30.3 Å². The first kappa shape index (κ1) is 17.8. The second-order valence-corrected chi connectivity index (χ2v) is 5.85. The average Bonchev–Trinajstić information content (AvgIpc) is 2.65. The quantitative estimate of drug-likeness (QED) is 0.391. The maximum absolute atomic E-state index is 11.0. The molecule has 3 rings (SSSR count). The largest absolute Gasteiger partial charge is 0.497 e. The number of methoxy groups -OCH3 is 2. The fourth-order valence-electron chi connectivity index (χ4n) is 2.56. The monoisotopic (exact) mass is 373 g/mol. The summed E-state index contributed by atoms with van der Waals surface area (Å²) in [6.45, 7) is 0.339. The zero-order valence-corrected chi connectivity index (χ0v) is 14.9. The number of hydrogen-bond acceptors (Lipinski definition) is 6. The summed E-state index contributed by atoms with van der Waals surface area (Å²) in [5.41, 5.74) is 1.97. The van der Waals surface area contributed by atoms with E-state index in [0.717, 1.165) is 16.5 Å². The van der Waals surface area contributed by atoms with Gasteiger partial charge in [-0.2, -0.15) is 0 Å². The Morgan fingerprint density at radius 1 is 1.15 bits per heavy atom. The van der Waals surface area contributed by atoms with Crippen LogP contribution in [0.2, 0.25) is 5.15 Å². The molecule has 2 aromatic carbocycles. The Bertz CT molecular complexity index is 978. The standard InChI is InChI=1S/C18H16ClN3O4/c1-25-14-5-3-11-7-12(18(19)21-15(11)9-14)10-20-16-8-13(22(23)24)4-6-17(16)26-2/h3-9,20H,10H2,1-2H3. The first-order valence-corrected chi connectivity index (χ1v) is 8.09. The highest BCUT2D eigenvalue weighted by Crippen LogP contribution is 2.30. The smallest absolute Gasteiger partial charge is 0.271 e. The molecule has 26 heavy (non-hydrogen) atoms. The van der Waals surface area contributed by atoms with Crippen molar-refractivity contribution in [3.8, 4) is 11.5 Å². The third-order valence-electron chi connectivity index (χ3n) is 3.91. The number of aromatic nitrogens is 1. The normalized spacial score (nSPS) is 10.6. The van der Waals surface area contributed by atoms with E-state index in [9.17, 15) is 10.1 Å². The minimum atomic E-state index is -0.456. The SMILES string of the molecule is COc1ccc2cc(CNc3cc([N+](=O)[O-])ccc3OC)c(Cl)nc2c1. The minimum absolute atomic E-state index is 0.0249. The van der Waals surface area contributed by atoms with E-state index < -0.39 is 4.92 Å². The lowest BCUT2D eigenvalue weighted by Crippen LogP contribution is -2.04. The van der Waals surface area contributed by atoms with Gasteiger partial charge in [0, 0.05) is 35.7 Å². The van der Waals surface area contributed by atoms with E-state index in [0.29, 0.717) is 28.9 Å². The summed E-state index contributed by atoms with van der Waals surface area (Å²) in [5.74, 6) is 1.21. The number of rotatable bonds is 6. The molecule has 1 aromatic heterocycles. The van der Waals surface area contributed by atoms with Crippen molar-refractivity contribution in [1.29, 1.82) is 0 Å². The number of halogens is 1. The summed E-state index contributed by atoms with van der Waals surface area (Å²) < 4.78 is 10.4. The zero-order valence-electron chi connectivity index (χ0n) is 14.2. The molecule has 0 bridgehead atoms. The van der Waals surface area contributed by atoms with Gasteiger partial charge in [-0.1, -0.05) is 11.6 Å². The fourth-order valence-corrected chi connectivity index (χ4v) is 2.77. The molecule has 0 atom stereocenters. The average molecular weight is 374 g/mol. The maximum Gasteiger partial charge on any atom is 0.271 e. The van der Waals surface area contributed by atoms with Crippen LogP contribution in [0.25, 0.3) is 10.9 Å². The van der Waals surface area contributed by atoms with E-state index in [2.05, 4.69) is 10.3 Å². The van der Waals surface area contributed by atoms with Crippen LogP contribution in [0.5, 0.6) is 11.5 Å². The predicted octanol–water partition coefficient (Wildman–Crippen LogP) is 4.43. The van der Waals surface area contributed by atoms with Gasteiger partial charge in [0.2, 0.25) is 0 Å². The zero-order chi connectivity index (χ0) is 18.7. The van der Waals surface area contributed by atoms with Crippen LogP contribution in [0.1, 0.15) is 5.56 Å². The van der Waals surface area contributed by atoms with Gasteiger partial charge in [-0.05, 0) is 24.3 Å². The number of anilines is 1. The molecule has 0 amide bonds. The molecular formula is C18H16ClN3O4. The Morgan fingerprint density at radius 2 is 1.96 bits per heavy atom. The Hall–Kier alpha value is -3.06. The third-order valence-corrected chi connectivity index (χ3v) is 4.24. The van der Waals surface area contributed by atoms with Crippen molar-refractivity contribution in [3.63, 3.8) is 0 Å². The molecule has 0 saturated heterocycles. The number of nitro groups is 1. The van der Waals surface area contributed by atoms with Crippen molar-refractivity contribution in [2.24, 2.45) is 0 Å². The summed E-state index contributed by atoms with van der Waals surface area (Å²) in [5, 5.41) is 15.4. The molecule has 0 radical (unpaired) electrons. The number of fused-ring (bicyclic) bond motifs is 1. The molecule has 3 aromatic rings. The Labute approximate surface area is 154 Å². The molecule has 0 spiro atoms. The van der Waals surface area contributed by atoms with E-state index in [1.54, 1.807) is 13.2 Å². The Morgan fingerprint density at radius 3 is 2.65 bits per heavy atom. The number of ether oxygens (including phenoxy) is 2. The molecular weight excluding hydrogens is 358 g/mol. The van der Waals surface area contributed by atoms with Crippen LogP contribution < -0.4 is 14.8 Å².